The van der Waals surface area contributed by atoms with E-state index in [2.05, 4.69) is 9.92 Å². The van der Waals surface area contributed by atoms with Crippen molar-refractivity contribution in [3.8, 4) is 17.4 Å². The van der Waals surface area contributed by atoms with E-state index in [-0.39, 0.29) is 33.3 Å². The first-order valence-electron chi connectivity index (χ1n) is 9.76. The van der Waals surface area contributed by atoms with Gasteiger partial charge in [-0.25, -0.2) is 19.6 Å². The highest BCUT2D eigenvalue weighted by atomic mass is 35.5. The van der Waals surface area contributed by atoms with Gasteiger partial charge < -0.3 is 14.2 Å². The van der Waals surface area contributed by atoms with Crippen LogP contribution in [0.1, 0.15) is 45.0 Å². The lowest BCUT2D eigenvalue weighted by Gasteiger charge is -2.19. The Morgan fingerprint density at radius 3 is 2.42 bits per heavy atom. The summed E-state index contributed by atoms with van der Waals surface area (Å²) in [5.41, 5.74) is 2.47. The van der Waals surface area contributed by atoms with Gasteiger partial charge in [0.2, 0.25) is 5.88 Å². The molecule has 180 valence electrons. The number of hydrogen-bond acceptors (Lipinski definition) is 7. The van der Waals surface area contributed by atoms with Gasteiger partial charge in [0.25, 0.3) is 5.91 Å². The van der Waals surface area contributed by atoms with Crippen LogP contribution in [0.15, 0.2) is 24.4 Å². The lowest BCUT2D eigenvalue weighted by Crippen LogP contribution is -2.38. The summed E-state index contributed by atoms with van der Waals surface area (Å²) >= 11 is 12.3. The summed E-state index contributed by atoms with van der Waals surface area (Å²) in [6.45, 7) is 9.33. The van der Waals surface area contributed by atoms with Gasteiger partial charge in [-0.15, -0.1) is 0 Å². The Labute approximate surface area is 200 Å². The van der Waals surface area contributed by atoms with E-state index in [0.717, 1.165) is 12.1 Å². The van der Waals surface area contributed by atoms with Gasteiger partial charge in [0.05, 0.1) is 23.4 Å². The summed E-state index contributed by atoms with van der Waals surface area (Å²) in [6, 6.07) is 3.39. The Bertz CT molecular complexity index is 1010. The number of pyridine rings is 1. The second kappa shape index (κ2) is 11.4. The van der Waals surface area contributed by atoms with Crippen molar-refractivity contribution in [1.82, 2.24) is 15.9 Å². The third-order valence-electron chi connectivity index (χ3n) is 3.51. The van der Waals surface area contributed by atoms with Crippen molar-refractivity contribution in [2.75, 3.05) is 6.61 Å². The van der Waals surface area contributed by atoms with Gasteiger partial charge in [-0.1, -0.05) is 37.0 Å². The molecule has 2 aromatic rings. The standard InChI is InChI=1S/C21H24Cl2FN3O6/c1-11(2)10-30-19-15(23)6-12(9-25-19)31-17-8-16(24)13(7-14(17)22)18(28)26-33-27-20(29)32-21(3,4)5/h6-9,11H,10H2,1-5H3,(H,26,28)(H,27,29). The van der Waals surface area contributed by atoms with E-state index in [1.54, 1.807) is 20.8 Å². The first kappa shape index (κ1) is 26.4. The third kappa shape index (κ3) is 8.56. The highest BCUT2D eigenvalue weighted by Gasteiger charge is 2.19. The van der Waals surface area contributed by atoms with Crippen LogP contribution in [0.2, 0.25) is 10.0 Å². The molecule has 0 saturated carbocycles. The van der Waals surface area contributed by atoms with E-state index in [9.17, 15) is 14.0 Å². The van der Waals surface area contributed by atoms with Gasteiger partial charge in [0, 0.05) is 12.1 Å². The van der Waals surface area contributed by atoms with Gasteiger partial charge in [-0.2, -0.15) is 10.4 Å². The minimum Gasteiger partial charge on any atom is -0.476 e. The molecule has 1 aromatic heterocycles. The molecule has 1 heterocycles. The Balaban J connectivity index is 2.02. The van der Waals surface area contributed by atoms with Crippen LogP contribution < -0.4 is 20.4 Å². The van der Waals surface area contributed by atoms with Crippen LogP contribution in [0.4, 0.5) is 9.18 Å². The maximum Gasteiger partial charge on any atom is 0.433 e. The van der Waals surface area contributed by atoms with Gasteiger partial charge >= 0.3 is 6.09 Å². The number of nitrogens with zero attached hydrogens (tertiary/aromatic N) is 1. The van der Waals surface area contributed by atoms with Crippen molar-refractivity contribution in [3.05, 3.63) is 45.8 Å². The molecule has 0 aliphatic rings. The summed E-state index contributed by atoms with van der Waals surface area (Å²) in [5.74, 6) is -1.33. The van der Waals surface area contributed by atoms with Crippen LogP contribution in [-0.4, -0.2) is 29.2 Å². The Morgan fingerprint density at radius 1 is 1.12 bits per heavy atom. The summed E-state index contributed by atoms with van der Waals surface area (Å²) in [4.78, 5) is 32.2. The zero-order chi connectivity index (χ0) is 24.8. The van der Waals surface area contributed by atoms with Gasteiger partial charge in [-0.3, -0.25) is 4.79 Å². The van der Waals surface area contributed by atoms with E-state index >= 15 is 0 Å². The van der Waals surface area contributed by atoms with Crippen molar-refractivity contribution in [2.24, 2.45) is 5.92 Å². The monoisotopic (exact) mass is 503 g/mol. The number of amides is 2. The number of benzene rings is 1. The average molecular weight is 504 g/mol. The smallest absolute Gasteiger partial charge is 0.433 e. The number of ether oxygens (including phenoxy) is 3. The minimum absolute atomic E-state index is 0.0714. The summed E-state index contributed by atoms with van der Waals surface area (Å²) in [7, 11) is 0. The van der Waals surface area contributed by atoms with Crippen LogP contribution in [0, 0.1) is 11.7 Å². The summed E-state index contributed by atoms with van der Waals surface area (Å²) in [5, 5.41) is 0.133. The lowest BCUT2D eigenvalue weighted by molar-refractivity contribution is -0.0421. The molecule has 0 spiro atoms. The number of carbonyl (C=O) groups is 2. The number of hydroxylamine groups is 2. The molecular formula is C21H24Cl2FN3O6. The molecule has 2 amide bonds. The molecule has 0 atom stereocenters. The van der Waals surface area contributed by atoms with Crippen LogP contribution >= 0.6 is 23.2 Å². The van der Waals surface area contributed by atoms with E-state index in [4.69, 9.17) is 37.4 Å². The van der Waals surface area contributed by atoms with Crippen molar-refractivity contribution in [2.45, 2.75) is 40.2 Å². The highest BCUT2D eigenvalue weighted by Crippen LogP contribution is 2.34. The second-order valence-corrected chi connectivity index (χ2v) is 8.98. The van der Waals surface area contributed by atoms with Crippen molar-refractivity contribution < 1.29 is 33.1 Å². The lowest BCUT2D eigenvalue weighted by atomic mass is 10.2. The largest absolute Gasteiger partial charge is 0.476 e. The first-order valence-corrected chi connectivity index (χ1v) is 10.5. The Hall–Kier alpha value is -2.82. The maximum atomic E-state index is 14.5. The fourth-order valence-electron chi connectivity index (χ4n) is 2.19. The normalized spacial score (nSPS) is 11.2. The number of carbonyl (C=O) groups excluding carboxylic acids is 2. The molecule has 0 fully saturated rings. The predicted molar refractivity (Wildman–Crippen MR) is 119 cm³/mol. The zero-order valence-electron chi connectivity index (χ0n) is 18.6. The zero-order valence-corrected chi connectivity index (χ0v) is 20.1. The second-order valence-electron chi connectivity index (χ2n) is 8.16. The SMILES string of the molecule is CC(C)COc1ncc(Oc2cc(F)c(C(=O)NONC(=O)OC(C)(C)C)cc2Cl)cc1Cl. The molecule has 0 radical (unpaired) electrons. The predicted octanol–water partition coefficient (Wildman–Crippen LogP) is 5.46. The Morgan fingerprint density at radius 2 is 1.82 bits per heavy atom. The number of halogens is 3. The molecule has 12 heteroatoms. The minimum atomic E-state index is -1.01. The molecule has 0 saturated heterocycles. The Kier molecular flexibility index (Phi) is 9.09. The first-order chi connectivity index (χ1) is 15.4. The molecular weight excluding hydrogens is 480 g/mol. The number of rotatable bonds is 8. The fraction of sp³-hybridized carbons (Fsp3) is 0.381. The van der Waals surface area contributed by atoms with Gasteiger partial charge in [0.15, 0.2) is 0 Å². The van der Waals surface area contributed by atoms with Crippen LogP contribution in [0.3, 0.4) is 0 Å². The van der Waals surface area contributed by atoms with E-state index < -0.39 is 29.0 Å². The molecule has 33 heavy (non-hydrogen) atoms. The van der Waals surface area contributed by atoms with E-state index in [1.807, 2.05) is 24.8 Å². The van der Waals surface area contributed by atoms with Crippen LogP contribution in [-0.2, 0) is 9.68 Å². The molecule has 0 bridgehead atoms. The average Bonchev–Trinajstić information content (AvgIpc) is 2.68. The van der Waals surface area contributed by atoms with Crippen LogP contribution in [0.25, 0.3) is 0 Å². The molecule has 0 unspecified atom stereocenters. The summed E-state index contributed by atoms with van der Waals surface area (Å²) < 4.78 is 30.4. The topological polar surface area (TPSA) is 108 Å². The quantitative estimate of drug-likeness (QED) is 0.460. The maximum absolute atomic E-state index is 14.5. The van der Waals surface area contributed by atoms with Crippen molar-refractivity contribution in [3.63, 3.8) is 0 Å². The highest BCUT2D eigenvalue weighted by molar-refractivity contribution is 6.32. The number of nitrogens with one attached hydrogen (secondary N) is 2. The molecule has 9 nitrogen and oxygen atoms in total. The number of aromatic nitrogens is 1. The molecule has 0 aliphatic carbocycles. The van der Waals surface area contributed by atoms with Gasteiger partial charge in [-0.05, 0) is 32.8 Å². The number of hydrogen-bond donors (Lipinski definition) is 2. The van der Waals surface area contributed by atoms with E-state index in [1.165, 1.54) is 12.3 Å². The van der Waals surface area contributed by atoms with Crippen molar-refractivity contribution >= 4 is 35.2 Å². The summed E-state index contributed by atoms with van der Waals surface area (Å²) in [6.07, 6.45) is 0.394. The third-order valence-corrected chi connectivity index (χ3v) is 4.07. The molecule has 2 N–H and O–H groups in total. The van der Waals surface area contributed by atoms with Crippen molar-refractivity contribution in [1.29, 1.82) is 0 Å². The fourth-order valence-corrected chi connectivity index (χ4v) is 2.60. The van der Waals surface area contributed by atoms with Crippen LogP contribution in [0.5, 0.6) is 17.4 Å². The molecule has 1 aromatic carbocycles. The molecule has 2 rings (SSSR count). The van der Waals surface area contributed by atoms with Gasteiger partial charge in [0.1, 0.15) is 27.9 Å². The molecule has 0 aliphatic heterocycles. The van der Waals surface area contributed by atoms with E-state index in [0.29, 0.717) is 6.61 Å².